The zero-order valence-electron chi connectivity index (χ0n) is 2.22. The first-order valence-electron chi connectivity index (χ1n) is 0. The SMILES string of the molecule is [Cu].[Cu].[Cu].[Cu].[Cu].[Cu].[Sm]. The zero-order chi connectivity index (χ0) is 0. The second-order valence-corrected chi connectivity index (χ2v) is 0. The number of rotatable bonds is 0. The van der Waals surface area contributed by atoms with Crippen molar-refractivity contribution in [1.82, 2.24) is 0 Å². The van der Waals surface area contributed by atoms with Crippen molar-refractivity contribution in [3.05, 3.63) is 0 Å². The van der Waals surface area contributed by atoms with Crippen LogP contribution in [0.15, 0.2) is 0 Å². The molecule has 0 bridgehead atoms. The van der Waals surface area contributed by atoms with Gasteiger partial charge in [-0.3, -0.25) is 0 Å². The topological polar surface area (TPSA) is 0 Å². The summed E-state index contributed by atoms with van der Waals surface area (Å²) >= 11 is 0. The minimum Gasteiger partial charge on any atom is 0 e. The van der Waals surface area contributed by atoms with Crippen LogP contribution in [0.5, 0.6) is 0 Å². The quantitative estimate of drug-likeness (QED) is 0.386. The fraction of sp³-hybridized carbons (Fsp3) is 0. The predicted molar refractivity (Wildman–Crippen MR) is 0 cm³/mol. The maximum atomic E-state index is 0. The summed E-state index contributed by atoms with van der Waals surface area (Å²) in [6.07, 6.45) is 0. The fourth-order valence-corrected chi connectivity index (χ4v) is 0. The Morgan fingerprint density at radius 3 is 0.286 bits per heavy atom. The summed E-state index contributed by atoms with van der Waals surface area (Å²) in [6.45, 7) is 0. The molecule has 0 aromatic carbocycles. The molecule has 0 rings (SSSR count). The van der Waals surface area contributed by atoms with Crippen LogP contribution in [-0.4, -0.2) is 0 Å². The van der Waals surface area contributed by atoms with Crippen LogP contribution in [0.25, 0.3) is 0 Å². The molecular formula is Cu6Sm. The van der Waals surface area contributed by atoms with E-state index in [2.05, 4.69) is 0 Å². The minimum atomic E-state index is 0. The molecule has 0 amide bonds. The average molecular weight is 532 g/mol. The van der Waals surface area contributed by atoms with E-state index in [-0.39, 0.29) is 143 Å². The second-order valence-electron chi connectivity index (χ2n) is 0. The van der Waals surface area contributed by atoms with Crippen LogP contribution < -0.4 is 0 Å². The van der Waals surface area contributed by atoms with Crippen molar-refractivity contribution in [3.8, 4) is 0 Å². The first kappa shape index (κ1) is 63.1. The van der Waals surface area contributed by atoms with Crippen molar-refractivity contribution in [2.24, 2.45) is 0 Å². The van der Waals surface area contributed by atoms with Crippen molar-refractivity contribution in [2.45, 2.75) is 0 Å². The molecule has 6 radical (unpaired) electrons. The van der Waals surface area contributed by atoms with Crippen molar-refractivity contribution >= 4 is 0 Å². The Bertz CT molecular complexity index is 4.14. The predicted octanol–water partition coefficient (Wildman–Crippen LogP) is -0.0150. The van der Waals surface area contributed by atoms with Gasteiger partial charge < -0.3 is 0 Å². The summed E-state index contributed by atoms with van der Waals surface area (Å²) in [4.78, 5) is 0. The smallest absolute Gasteiger partial charge is 0 e. The first-order valence-corrected chi connectivity index (χ1v) is 0. The standard InChI is InChI=1S/6Cu.Sm. The van der Waals surface area contributed by atoms with E-state index >= 15 is 0 Å². The van der Waals surface area contributed by atoms with Crippen LogP contribution in [0.2, 0.25) is 0 Å². The molecule has 0 spiro atoms. The third-order valence-electron chi connectivity index (χ3n) is 0. The second kappa shape index (κ2) is 47.1. The van der Waals surface area contributed by atoms with Gasteiger partial charge in [0, 0.05) is 143 Å². The van der Waals surface area contributed by atoms with Gasteiger partial charge in [-0.25, -0.2) is 0 Å². The molecule has 0 aromatic heterocycles. The van der Waals surface area contributed by atoms with Gasteiger partial charge in [-0.1, -0.05) is 0 Å². The largest absolute Gasteiger partial charge is 0 e. The van der Waals surface area contributed by atoms with Crippen molar-refractivity contribution in [1.29, 1.82) is 0 Å². The molecule has 0 heterocycles. The van der Waals surface area contributed by atoms with Gasteiger partial charge >= 0.3 is 0 Å². The van der Waals surface area contributed by atoms with E-state index in [1.54, 1.807) is 0 Å². The van der Waals surface area contributed by atoms with E-state index in [0.717, 1.165) is 0 Å². The summed E-state index contributed by atoms with van der Waals surface area (Å²) in [5, 5.41) is 0. The third-order valence-corrected chi connectivity index (χ3v) is 0. The first-order chi connectivity index (χ1) is 0. The van der Waals surface area contributed by atoms with E-state index in [1.807, 2.05) is 0 Å². The molecule has 7 heteroatoms. The minimum absolute atomic E-state index is 0. The normalized spacial score (nSPS) is 0. The van der Waals surface area contributed by atoms with E-state index in [4.69, 9.17) is 0 Å². The van der Waals surface area contributed by atoms with Crippen LogP contribution in [0.4, 0.5) is 0 Å². The van der Waals surface area contributed by atoms with Crippen molar-refractivity contribution < 1.29 is 143 Å². The Kier molecular flexibility index (Phi) is 424. The van der Waals surface area contributed by atoms with E-state index in [0.29, 0.717) is 0 Å². The molecule has 72 valence electrons. The van der Waals surface area contributed by atoms with Crippen LogP contribution in [0.3, 0.4) is 0 Å². The van der Waals surface area contributed by atoms with Crippen molar-refractivity contribution in [2.75, 3.05) is 0 Å². The Labute approximate surface area is 140 Å². The summed E-state index contributed by atoms with van der Waals surface area (Å²) in [5.41, 5.74) is 0. The Balaban J connectivity index is 0. The van der Waals surface area contributed by atoms with Gasteiger partial charge in [0.25, 0.3) is 0 Å². The molecule has 7 heavy (non-hydrogen) atoms. The Morgan fingerprint density at radius 1 is 0.286 bits per heavy atom. The molecular weight excluding hydrogens is 532 g/mol. The van der Waals surface area contributed by atoms with Gasteiger partial charge in [0.15, 0.2) is 0 Å². The van der Waals surface area contributed by atoms with Gasteiger partial charge in [0.05, 0.1) is 0 Å². The molecule has 0 aliphatic rings. The summed E-state index contributed by atoms with van der Waals surface area (Å²) in [5.74, 6) is 0. The van der Waals surface area contributed by atoms with E-state index in [9.17, 15) is 0 Å². The van der Waals surface area contributed by atoms with E-state index < -0.39 is 0 Å². The molecule has 0 saturated carbocycles. The molecule has 0 unspecified atom stereocenters. The van der Waals surface area contributed by atoms with Gasteiger partial charge in [0.2, 0.25) is 0 Å². The fourth-order valence-electron chi connectivity index (χ4n) is 0. The zero-order valence-corrected chi connectivity index (χ0v) is 10.5. The van der Waals surface area contributed by atoms with Gasteiger partial charge in [-0.2, -0.15) is 0 Å². The summed E-state index contributed by atoms with van der Waals surface area (Å²) in [6, 6.07) is 0. The third kappa shape index (κ3) is 37.7. The molecule has 0 aliphatic carbocycles. The molecule has 0 nitrogen and oxygen atoms in total. The van der Waals surface area contributed by atoms with Crippen LogP contribution in [0.1, 0.15) is 0 Å². The molecule has 0 N–H and O–H groups in total. The van der Waals surface area contributed by atoms with Gasteiger partial charge in [-0.05, 0) is 0 Å². The van der Waals surface area contributed by atoms with E-state index in [1.165, 1.54) is 0 Å². The monoisotopic (exact) mass is 529 g/mol. The van der Waals surface area contributed by atoms with Crippen LogP contribution in [0, 0.1) is 40.4 Å². The summed E-state index contributed by atoms with van der Waals surface area (Å²) < 4.78 is 0. The molecule has 0 aliphatic heterocycles. The van der Waals surface area contributed by atoms with Gasteiger partial charge in [0.1, 0.15) is 0 Å². The molecule has 0 fully saturated rings. The number of hydrogen-bond donors (Lipinski definition) is 0. The maximum Gasteiger partial charge on any atom is 0 e. The maximum absolute atomic E-state index is 0. The summed E-state index contributed by atoms with van der Waals surface area (Å²) in [7, 11) is 0. The average Bonchev–Trinajstić information content (AvgIpc) is 0. The van der Waals surface area contributed by atoms with Crippen molar-refractivity contribution in [3.63, 3.8) is 0 Å². The Morgan fingerprint density at radius 2 is 0.286 bits per heavy atom. The number of hydrogen-bond acceptors (Lipinski definition) is 0. The molecule has 0 aromatic rings. The Hall–Kier alpha value is 4.45. The van der Waals surface area contributed by atoms with Crippen LogP contribution >= 0.6 is 0 Å². The van der Waals surface area contributed by atoms with Gasteiger partial charge in [-0.15, -0.1) is 0 Å². The molecule has 0 saturated heterocycles. The van der Waals surface area contributed by atoms with Crippen LogP contribution in [-0.2, 0) is 102 Å². The molecule has 0 atom stereocenters.